The van der Waals surface area contributed by atoms with Crippen LogP contribution in [0.5, 0.6) is 0 Å². The van der Waals surface area contributed by atoms with E-state index in [1.54, 1.807) is 10.6 Å². The zero-order valence-electron chi connectivity index (χ0n) is 7.77. The highest BCUT2D eigenvalue weighted by molar-refractivity contribution is 7.15. The Hall–Kier alpha value is -1.33. The van der Waals surface area contributed by atoms with Crippen molar-refractivity contribution in [3.05, 3.63) is 28.0 Å². The fourth-order valence-corrected chi connectivity index (χ4v) is 2.17. The van der Waals surface area contributed by atoms with Gasteiger partial charge in [0.05, 0.1) is 5.69 Å². The molecular weight excluding hydrogens is 236 g/mol. The normalized spacial score (nSPS) is 12.3. The van der Waals surface area contributed by atoms with Gasteiger partial charge in [0.2, 0.25) is 0 Å². The van der Waals surface area contributed by atoms with E-state index in [-0.39, 0.29) is 5.57 Å². The fourth-order valence-electron chi connectivity index (χ4n) is 1.17. The van der Waals surface area contributed by atoms with Crippen molar-refractivity contribution in [2.75, 3.05) is 0 Å². The Balaban J connectivity index is 2.60. The minimum absolute atomic E-state index is 0.227. The molecule has 0 saturated heterocycles. The molecule has 0 aromatic carbocycles. The van der Waals surface area contributed by atoms with Gasteiger partial charge in [-0.15, -0.1) is 11.3 Å². The van der Waals surface area contributed by atoms with Crippen molar-refractivity contribution < 1.29 is 9.90 Å². The minimum Gasteiger partial charge on any atom is -0.478 e. The number of carboxylic acid groups (broad SMARTS) is 1. The molecule has 0 radical (unpaired) electrons. The van der Waals surface area contributed by atoms with Gasteiger partial charge < -0.3 is 5.11 Å². The van der Waals surface area contributed by atoms with Crippen LogP contribution in [0.3, 0.4) is 0 Å². The van der Waals surface area contributed by atoms with Crippen molar-refractivity contribution in [1.29, 1.82) is 0 Å². The third-order valence-electron chi connectivity index (χ3n) is 1.94. The van der Waals surface area contributed by atoms with Gasteiger partial charge in [0, 0.05) is 17.2 Å². The lowest BCUT2D eigenvalue weighted by Gasteiger charge is -1.94. The van der Waals surface area contributed by atoms with Crippen LogP contribution in [0.25, 0.3) is 11.0 Å². The summed E-state index contributed by atoms with van der Waals surface area (Å²) in [4.78, 5) is 15.5. The first-order valence-electron chi connectivity index (χ1n) is 4.12. The molecule has 0 fully saturated rings. The molecule has 0 bridgehead atoms. The number of carboxylic acids is 1. The maximum Gasteiger partial charge on any atom is 0.331 e. The highest BCUT2D eigenvalue weighted by atomic mass is 35.5. The van der Waals surface area contributed by atoms with E-state index in [9.17, 15) is 4.79 Å². The van der Waals surface area contributed by atoms with Crippen LogP contribution in [0, 0.1) is 0 Å². The van der Waals surface area contributed by atoms with E-state index in [1.807, 2.05) is 5.38 Å². The van der Waals surface area contributed by atoms with Gasteiger partial charge in [-0.25, -0.2) is 9.78 Å². The van der Waals surface area contributed by atoms with Crippen LogP contribution in [0.15, 0.2) is 17.2 Å². The average Bonchev–Trinajstić information content (AvgIpc) is 2.69. The summed E-state index contributed by atoms with van der Waals surface area (Å²) in [5, 5.41) is 10.9. The van der Waals surface area contributed by atoms with E-state index in [4.69, 9.17) is 16.7 Å². The molecule has 0 amide bonds. The van der Waals surface area contributed by atoms with Crippen molar-refractivity contribution in [3.8, 4) is 0 Å². The highest BCUT2D eigenvalue weighted by Crippen LogP contribution is 2.23. The van der Waals surface area contributed by atoms with E-state index in [0.29, 0.717) is 10.8 Å². The smallest absolute Gasteiger partial charge is 0.331 e. The molecule has 0 unspecified atom stereocenters. The van der Waals surface area contributed by atoms with E-state index in [0.717, 1.165) is 4.96 Å². The van der Waals surface area contributed by atoms with Gasteiger partial charge in [-0.3, -0.25) is 4.40 Å². The van der Waals surface area contributed by atoms with Gasteiger partial charge in [0.15, 0.2) is 10.1 Å². The molecule has 2 rings (SSSR count). The van der Waals surface area contributed by atoms with Crippen LogP contribution in [-0.2, 0) is 4.79 Å². The number of aliphatic carboxylic acids is 1. The number of aromatic nitrogens is 2. The number of nitrogens with zero attached hydrogens (tertiary/aromatic N) is 2. The summed E-state index contributed by atoms with van der Waals surface area (Å²) in [6, 6.07) is 0. The number of halogens is 1. The van der Waals surface area contributed by atoms with Gasteiger partial charge in [-0.05, 0) is 13.0 Å². The Labute approximate surface area is 94.4 Å². The second-order valence-corrected chi connectivity index (χ2v) is 4.21. The molecule has 0 aliphatic heterocycles. The summed E-state index contributed by atoms with van der Waals surface area (Å²) in [5.74, 6) is -0.962. The molecule has 1 N–H and O–H groups in total. The number of hydrogen-bond donors (Lipinski definition) is 1. The summed E-state index contributed by atoms with van der Waals surface area (Å²) in [6.07, 6.45) is 3.32. The zero-order chi connectivity index (χ0) is 11.0. The van der Waals surface area contributed by atoms with E-state index in [2.05, 4.69) is 4.98 Å². The van der Waals surface area contributed by atoms with Crippen molar-refractivity contribution in [2.24, 2.45) is 0 Å². The lowest BCUT2D eigenvalue weighted by atomic mass is 10.2. The number of fused-ring (bicyclic) bond motifs is 1. The fraction of sp³-hybridized carbons (Fsp3) is 0.111. The summed E-state index contributed by atoms with van der Waals surface area (Å²) in [7, 11) is 0. The van der Waals surface area contributed by atoms with E-state index >= 15 is 0 Å². The van der Waals surface area contributed by atoms with Crippen LogP contribution in [0.4, 0.5) is 0 Å². The molecule has 4 nitrogen and oxygen atoms in total. The number of imidazole rings is 1. The molecule has 6 heteroatoms. The number of carbonyl (C=O) groups is 1. The monoisotopic (exact) mass is 242 g/mol. The van der Waals surface area contributed by atoms with Crippen LogP contribution in [0.1, 0.15) is 12.6 Å². The summed E-state index contributed by atoms with van der Waals surface area (Å²) in [6.45, 7) is 1.52. The molecule has 0 saturated carbocycles. The lowest BCUT2D eigenvalue weighted by Crippen LogP contribution is -1.96. The topological polar surface area (TPSA) is 54.6 Å². The lowest BCUT2D eigenvalue weighted by molar-refractivity contribution is -0.132. The quantitative estimate of drug-likeness (QED) is 0.824. The largest absolute Gasteiger partial charge is 0.478 e. The van der Waals surface area contributed by atoms with Crippen molar-refractivity contribution in [2.45, 2.75) is 6.92 Å². The number of rotatable bonds is 2. The summed E-state index contributed by atoms with van der Waals surface area (Å²) < 4.78 is 1.76. The zero-order valence-corrected chi connectivity index (χ0v) is 9.34. The van der Waals surface area contributed by atoms with Crippen LogP contribution < -0.4 is 0 Å². The third-order valence-corrected chi connectivity index (χ3v) is 2.98. The molecule has 0 aliphatic rings. The summed E-state index contributed by atoms with van der Waals surface area (Å²) in [5.41, 5.74) is 0.831. The third kappa shape index (κ3) is 1.75. The van der Waals surface area contributed by atoms with Crippen LogP contribution >= 0.6 is 22.9 Å². The van der Waals surface area contributed by atoms with Crippen molar-refractivity contribution in [1.82, 2.24) is 9.38 Å². The van der Waals surface area contributed by atoms with Crippen molar-refractivity contribution >= 4 is 39.9 Å². The van der Waals surface area contributed by atoms with Crippen LogP contribution in [-0.4, -0.2) is 20.5 Å². The van der Waals surface area contributed by atoms with Crippen LogP contribution in [0.2, 0.25) is 5.15 Å². The van der Waals surface area contributed by atoms with Crippen molar-refractivity contribution in [3.63, 3.8) is 0 Å². The highest BCUT2D eigenvalue weighted by Gasteiger charge is 2.10. The molecule has 0 spiro atoms. The van der Waals surface area contributed by atoms with E-state index < -0.39 is 5.97 Å². The first-order chi connectivity index (χ1) is 7.09. The minimum atomic E-state index is -0.962. The molecule has 15 heavy (non-hydrogen) atoms. The Bertz CT molecular complexity index is 555. The molecule has 0 aliphatic carbocycles. The maximum absolute atomic E-state index is 10.7. The Kier molecular flexibility index (Phi) is 2.50. The van der Waals surface area contributed by atoms with Gasteiger partial charge in [-0.2, -0.15) is 0 Å². The van der Waals surface area contributed by atoms with Gasteiger partial charge in [-0.1, -0.05) is 11.6 Å². The van der Waals surface area contributed by atoms with Gasteiger partial charge in [0.25, 0.3) is 0 Å². The first kappa shape index (κ1) is 10.2. The summed E-state index contributed by atoms with van der Waals surface area (Å²) >= 11 is 7.34. The molecule has 78 valence electrons. The SMILES string of the molecule is CC(=Cc1c(Cl)nc2sccn12)C(=O)O. The average molecular weight is 243 g/mol. The molecule has 2 aromatic rings. The second kappa shape index (κ2) is 3.67. The number of thiazole rings is 1. The molecular formula is C9H7ClN2O2S. The predicted molar refractivity (Wildman–Crippen MR) is 59.4 cm³/mol. The van der Waals surface area contributed by atoms with E-state index in [1.165, 1.54) is 24.3 Å². The Morgan fingerprint density at radius 2 is 2.47 bits per heavy atom. The molecule has 2 heterocycles. The Morgan fingerprint density at radius 1 is 1.73 bits per heavy atom. The van der Waals surface area contributed by atoms with Gasteiger partial charge >= 0.3 is 5.97 Å². The molecule has 0 atom stereocenters. The number of hydrogen-bond acceptors (Lipinski definition) is 3. The first-order valence-corrected chi connectivity index (χ1v) is 5.38. The molecule has 2 aromatic heterocycles. The Morgan fingerprint density at radius 3 is 3.13 bits per heavy atom. The van der Waals surface area contributed by atoms with Gasteiger partial charge in [0.1, 0.15) is 0 Å². The second-order valence-electron chi connectivity index (χ2n) is 2.98. The standard InChI is InChI=1S/C9H7ClN2O2S/c1-5(8(13)14)4-6-7(10)11-9-12(6)2-3-15-9/h2-4H,1H3,(H,13,14). The maximum atomic E-state index is 10.7. The predicted octanol–water partition coefficient (Wildman–Crippen LogP) is 2.54.